The van der Waals surface area contributed by atoms with Crippen LogP contribution >= 0.6 is 0 Å². The Labute approximate surface area is 129 Å². The first kappa shape index (κ1) is 16.3. The van der Waals surface area contributed by atoms with Crippen molar-refractivity contribution in [2.24, 2.45) is 11.7 Å². The van der Waals surface area contributed by atoms with Gasteiger partial charge in [0.25, 0.3) is 0 Å². The van der Waals surface area contributed by atoms with Gasteiger partial charge in [0.15, 0.2) is 0 Å². The summed E-state index contributed by atoms with van der Waals surface area (Å²) in [7, 11) is 1.76. The molecule has 0 saturated heterocycles. The van der Waals surface area contributed by atoms with Crippen LogP contribution in [0.15, 0.2) is 18.2 Å². The highest BCUT2D eigenvalue weighted by Gasteiger charge is 2.28. The van der Waals surface area contributed by atoms with E-state index in [9.17, 15) is 0 Å². The first-order chi connectivity index (χ1) is 10.2. The zero-order valence-corrected chi connectivity index (χ0v) is 13.8. The maximum Gasteiger partial charge on any atom is 0.123 e. The van der Waals surface area contributed by atoms with Gasteiger partial charge in [-0.2, -0.15) is 0 Å². The molecule has 0 aromatic heterocycles. The number of hydrogen-bond acceptors (Lipinski definition) is 3. The molecule has 1 aromatic rings. The summed E-state index contributed by atoms with van der Waals surface area (Å²) < 4.78 is 5.53. The Morgan fingerprint density at radius 3 is 2.71 bits per heavy atom. The van der Waals surface area contributed by atoms with Gasteiger partial charge in [0.05, 0.1) is 7.11 Å². The van der Waals surface area contributed by atoms with E-state index in [0.29, 0.717) is 12.0 Å². The van der Waals surface area contributed by atoms with Gasteiger partial charge in [-0.1, -0.05) is 37.5 Å². The van der Waals surface area contributed by atoms with E-state index in [0.717, 1.165) is 25.4 Å². The van der Waals surface area contributed by atoms with Gasteiger partial charge in [-0.3, -0.25) is 4.90 Å². The number of ether oxygens (including phenoxy) is 1. The Hall–Kier alpha value is -1.06. The first-order valence-corrected chi connectivity index (χ1v) is 8.27. The minimum absolute atomic E-state index is 0.624. The zero-order valence-electron chi connectivity index (χ0n) is 13.8. The van der Waals surface area contributed by atoms with Gasteiger partial charge in [-0.25, -0.2) is 0 Å². The standard InChI is InChI=1S/C18H30N2O/c1-4-20(17-8-6-5-7-15(17)12-19)13-16-11-14(2)9-10-18(16)21-3/h9-11,15,17H,4-8,12-13,19H2,1-3H3. The maximum absolute atomic E-state index is 6.01. The second-order valence-corrected chi connectivity index (χ2v) is 6.23. The molecule has 0 spiro atoms. The summed E-state index contributed by atoms with van der Waals surface area (Å²) in [5.41, 5.74) is 8.59. The van der Waals surface area contributed by atoms with Crippen molar-refractivity contribution in [2.75, 3.05) is 20.2 Å². The zero-order chi connectivity index (χ0) is 15.2. The molecule has 1 aromatic carbocycles. The molecule has 2 atom stereocenters. The number of nitrogens with two attached hydrogens (primary N) is 1. The molecular weight excluding hydrogens is 260 g/mol. The maximum atomic E-state index is 6.01. The molecule has 0 amide bonds. The Bertz CT molecular complexity index is 447. The number of aryl methyl sites for hydroxylation is 1. The van der Waals surface area contributed by atoms with Crippen LogP contribution in [0.3, 0.4) is 0 Å². The van der Waals surface area contributed by atoms with Gasteiger partial charge in [-0.05, 0) is 44.8 Å². The highest BCUT2D eigenvalue weighted by atomic mass is 16.5. The second-order valence-electron chi connectivity index (χ2n) is 6.23. The molecule has 3 heteroatoms. The molecule has 2 rings (SSSR count). The van der Waals surface area contributed by atoms with E-state index in [1.54, 1.807) is 7.11 Å². The van der Waals surface area contributed by atoms with E-state index < -0.39 is 0 Å². The molecule has 1 aliphatic carbocycles. The fourth-order valence-electron chi connectivity index (χ4n) is 3.66. The molecule has 0 bridgehead atoms. The van der Waals surface area contributed by atoms with Gasteiger partial charge < -0.3 is 10.5 Å². The van der Waals surface area contributed by atoms with Crippen molar-refractivity contribution in [3.05, 3.63) is 29.3 Å². The second kappa shape index (κ2) is 7.81. The Morgan fingerprint density at radius 2 is 2.05 bits per heavy atom. The van der Waals surface area contributed by atoms with Crippen LogP contribution in [0.25, 0.3) is 0 Å². The van der Waals surface area contributed by atoms with Crippen LogP contribution in [-0.2, 0) is 6.54 Å². The van der Waals surface area contributed by atoms with Crippen molar-refractivity contribution in [1.82, 2.24) is 4.90 Å². The van der Waals surface area contributed by atoms with Crippen LogP contribution in [-0.4, -0.2) is 31.1 Å². The first-order valence-electron chi connectivity index (χ1n) is 8.27. The SMILES string of the molecule is CCN(Cc1cc(C)ccc1OC)C1CCCCC1CN. The lowest BCUT2D eigenvalue weighted by atomic mass is 9.83. The molecule has 1 aliphatic rings. The Balaban J connectivity index is 2.16. The quantitative estimate of drug-likeness (QED) is 0.873. The topological polar surface area (TPSA) is 38.5 Å². The van der Waals surface area contributed by atoms with Crippen molar-refractivity contribution < 1.29 is 4.74 Å². The van der Waals surface area contributed by atoms with Gasteiger partial charge in [0.2, 0.25) is 0 Å². The molecule has 2 unspecified atom stereocenters. The van der Waals surface area contributed by atoms with Crippen LogP contribution < -0.4 is 10.5 Å². The molecule has 1 saturated carbocycles. The summed E-state index contributed by atoms with van der Waals surface area (Å²) in [5, 5.41) is 0. The summed E-state index contributed by atoms with van der Waals surface area (Å²) in [6, 6.07) is 7.07. The predicted octanol–water partition coefficient (Wildman–Crippen LogP) is 3.34. The van der Waals surface area contributed by atoms with E-state index in [4.69, 9.17) is 10.5 Å². The van der Waals surface area contributed by atoms with Crippen molar-refractivity contribution in [3.63, 3.8) is 0 Å². The molecule has 1 fully saturated rings. The van der Waals surface area contributed by atoms with Crippen molar-refractivity contribution in [3.8, 4) is 5.75 Å². The third kappa shape index (κ3) is 3.98. The van der Waals surface area contributed by atoms with Crippen LogP contribution in [0.4, 0.5) is 0 Å². The smallest absolute Gasteiger partial charge is 0.123 e. The lowest BCUT2D eigenvalue weighted by Gasteiger charge is -2.39. The monoisotopic (exact) mass is 290 g/mol. The third-order valence-electron chi connectivity index (χ3n) is 4.86. The number of hydrogen-bond donors (Lipinski definition) is 1. The van der Waals surface area contributed by atoms with Gasteiger partial charge >= 0.3 is 0 Å². The van der Waals surface area contributed by atoms with Crippen molar-refractivity contribution in [2.45, 2.75) is 52.1 Å². The summed E-state index contributed by atoms with van der Waals surface area (Å²) in [6.45, 7) is 7.24. The fraction of sp³-hybridized carbons (Fsp3) is 0.667. The minimum Gasteiger partial charge on any atom is -0.496 e. The Morgan fingerprint density at radius 1 is 1.29 bits per heavy atom. The highest BCUT2D eigenvalue weighted by Crippen LogP contribution is 2.30. The predicted molar refractivity (Wildman–Crippen MR) is 88.6 cm³/mol. The number of nitrogens with zero attached hydrogens (tertiary/aromatic N) is 1. The number of benzene rings is 1. The van der Waals surface area contributed by atoms with E-state index in [1.807, 2.05) is 0 Å². The van der Waals surface area contributed by atoms with Gasteiger partial charge in [0, 0.05) is 18.2 Å². The molecule has 21 heavy (non-hydrogen) atoms. The normalized spacial score (nSPS) is 22.5. The van der Waals surface area contributed by atoms with Crippen LogP contribution in [0.1, 0.15) is 43.7 Å². The molecule has 2 N–H and O–H groups in total. The van der Waals surface area contributed by atoms with Gasteiger partial charge in [0.1, 0.15) is 5.75 Å². The molecule has 118 valence electrons. The lowest BCUT2D eigenvalue weighted by molar-refractivity contribution is 0.105. The molecule has 3 nitrogen and oxygen atoms in total. The van der Waals surface area contributed by atoms with Crippen LogP contribution in [0.5, 0.6) is 5.75 Å². The highest BCUT2D eigenvalue weighted by molar-refractivity contribution is 5.36. The van der Waals surface area contributed by atoms with Crippen molar-refractivity contribution >= 4 is 0 Å². The van der Waals surface area contributed by atoms with Crippen LogP contribution in [0, 0.1) is 12.8 Å². The third-order valence-corrected chi connectivity index (χ3v) is 4.86. The number of methoxy groups -OCH3 is 1. The average molecular weight is 290 g/mol. The van der Waals surface area contributed by atoms with E-state index in [1.165, 1.54) is 36.8 Å². The van der Waals surface area contributed by atoms with Gasteiger partial charge in [-0.15, -0.1) is 0 Å². The summed E-state index contributed by atoms with van der Waals surface area (Å²) in [4.78, 5) is 2.59. The average Bonchev–Trinajstić information content (AvgIpc) is 2.52. The number of rotatable bonds is 6. The van der Waals surface area contributed by atoms with E-state index in [2.05, 4.69) is 36.9 Å². The molecule has 0 heterocycles. The molecule has 0 radical (unpaired) electrons. The van der Waals surface area contributed by atoms with E-state index in [-0.39, 0.29) is 0 Å². The molecule has 0 aliphatic heterocycles. The largest absolute Gasteiger partial charge is 0.496 e. The van der Waals surface area contributed by atoms with E-state index >= 15 is 0 Å². The summed E-state index contributed by atoms with van der Waals surface area (Å²) >= 11 is 0. The summed E-state index contributed by atoms with van der Waals surface area (Å²) in [6.07, 6.45) is 5.23. The minimum atomic E-state index is 0.624. The lowest BCUT2D eigenvalue weighted by Crippen LogP contribution is -2.44. The van der Waals surface area contributed by atoms with Crippen molar-refractivity contribution in [1.29, 1.82) is 0 Å². The Kier molecular flexibility index (Phi) is 6.07. The fourth-order valence-corrected chi connectivity index (χ4v) is 3.66. The summed E-state index contributed by atoms with van der Waals surface area (Å²) in [5.74, 6) is 1.65. The van der Waals surface area contributed by atoms with Crippen LogP contribution in [0.2, 0.25) is 0 Å². The molecular formula is C18H30N2O.